The van der Waals surface area contributed by atoms with E-state index in [-0.39, 0.29) is 17.4 Å². The van der Waals surface area contributed by atoms with Gasteiger partial charge in [-0.1, -0.05) is 57.5 Å². The molecule has 0 unspecified atom stereocenters. The van der Waals surface area contributed by atoms with Gasteiger partial charge in [-0.2, -0.15) is 0 Å². The average molecular weight is 342 g/mol. The SMILES string of the molecule is CCc1cc(=O)[nH]c(N[C@H](C(=O)NCc2ccccc2)[C@@H](C)CC)n1. The van der Waals surface area contributed by atoms with E-state index >= 15 is 0 Å². The Morgan fingerprint density at radius 3 is 2.60 bits per heavy atom. The first-order valence-corrected chi connectivity index (χ1v) is 8.71. The molecule has 0 bridgehead atoms. The summed E-state index contributed by atoms with van der Waals surface area (Å²) in [4.78, 5) is 31.4. The number of aromatic nitrogens is 2. The van der Waals surface area contributed by atoms with E-state index in [0.717, 1.165) is 12.0 Å². The number of benzene rings is 1. The Labute approximate surface area is 148 Å². The van der Waals surface area contributed by atoms with Gasteiger partial charge in [-0.05, 0) is 17.9 Å². The smallest absolute Gasteiger partial charge is 0.252 e. The fourth-order valence-electron chi connectivity index (χ4n) is 2.50. The first kappa shape index (κ1) is 18.7. The van der Waals surface area contributed by atoms with Gasteiger partial charge in [0.05, 0.1) is 0 Å². The number of aryl methyl sites for hydroxylation is 1. The molecule has 0 aliphatic heterocycles. The van der Waals surface area contributed by atoms with E-state index in [2.05, 4.69) is 20.6 Å². The summed E-state index contributed by atoms with van der Waals surface area (Å²) in [6.07, 6.45) is 1.49. The number of nitrogens with zero attached hydrogens (tertiary/aromatic N) is 1. The molecule has 1 amide bonds. The maximum Gasteiger partial charge on any atom is 0.252 e. The lowest BCUT2D eigenvalue weighted by Gasteiger charge is -2.24. The molecule has 0 spiro atoms. The average Bonchev–Trinajstić information content (AvgIpc) is 2.63. The Kier molecular flexibility index (Phi) is 6.74. The minimum absolute atomic E-state index is 0.0892. The van der Waals surface area contributed by atoms with Gasteiger partial charge >= 0.3 is 0 Å². The van der Waals surface area contributed by atoms with E-state index in [4.69, 9.17) is 0 Å². The van der Waals surface area contributed by atoms with Crippen molar-refractivity contribution in [3.05, 3.63) is 58.0 Å². The van der Waals surface area contributed by atoms with Crippen molar-refractivity contribution in [3.8, 4) is 0 Å². The number of hydrogen-bond donors (Lipinski definition) is 3. The second-order valence-corrected chi connectivity index (χ2v) is 6.15. The Hall–Kier alpha value is -2.63. The number of carbonyl (C=O) groups is 1. The van der Waals surface area contributed by atoms with Gasteiger partial charge < -0.3 is 10.6 Å². The van der Waals surface area contributed by atoms with Crippen LogP contribution in [0.1, 0.15) is 38.4 Å². The first-order chi connectivity index (χ1) is 12.0. The Balaban J connectivity index is 2.11. The van der Waals surface area contributed by atoms with Gasteiger partial charge in [-0.15, -0.1) is 0 Å². The Bertz CT molecular complexity index is 743. The Morgan fingerprint density at radius 1 is 1.24 bits per heavy atom. The second kappa shape index (κ2) is 9.01. The van der Waals surface area contributed by atoms with Crippen LogP contribution < -0.4 is 16.2 Å². The molecule has 0 radical (unpaired) electrons. The van der Waals surface area contributed by atoms with Gasteiger partial charge in [-0.3, -0.25) is 14.6 Å². The standard InChI is InChI=1S/C19H26N4O2/c1-4-13(3)17(18(25)20-12-14-9-7-6-8-10-14)23-19-21-15(5-2)11-16(24)22-19/h6-11,13,17H,4-5,12H2,1-3H3,(H,20,25)(H2,21,22,23,24)/t13-,17-/m0/s1. The van der Waals surface area contributed by atoms with Gasteiger partial charge in [0.2, 0.25) is 11.9 Å². The molecular formula is C19H26N4O2. The van der Waals surface area contributed by atoms with Gasteiger partial charge in [0.25, 0.3) is 5.56 Å². The van der Waals surface area contributed by atoms with E-state index in [9.17, 15) is 9.59 Å². The molecule has 2 aromatic rings. The van der Waals surface area contributed by atoms with Crippen LogP contribution in [0.25, 0.3) is 0 Å². The highest BCUT2D eigenvalue weighted by atomic mass is 16.2. The minimum Gasteiger partial charge on any atom is -0.350 e. The predicted octanol–water partition coefficient (Wildman–Crippen LogP) is 2.48. The van der Waals surface area contributed by atoms with Gasteiger partial charge in [0, 0.05) is 18.3 Å². The van der Waals surface area contributed by atoms with Crippen molar-refractivity contribution in [1.29, 1.82) is 0 Å². The van der Waals surface area contributed by atoms with E-state index in [0.29, 0.717) is 24.6 Å². The second-order valence-electron chi connectivity index (χ2n) is 6.15. The normalized spacial score (nSPS) is 13.1. The van der Waals surface area contributed by atoms with E-state index in [1.807, 2.05) is 51.1 Å². The largest absolute Gasteiger partial charge is 0.350 e. The highest BCUT2D eigenvalue weighted by molar-refractivity contribution is 5.84. The van der Waals surface area contributed by atoms with Gasteiger partial charge in [0.1, 0.15) is 6.04 Å². The van der Waals surface area contributed by atoms with Crippen LogP contribution >= 0.6 is 0 Å². The predicted molar refractivity (Wildman–Crippen MR) is 99.4 cm³/mol. The quantitative estimate of drug-likeness (QED) is 0.688. The summed E-state index contributed by atoms with van der Waals surface area (Å²) in [6.45, 7) is 6.43. The summed E-state index contributed by atoms with van der Waals surface area (Å²) >= 11 is 0. The van der Waals surface area contributed by atoms with Crippen LogP contribution in [0.2, 0.25) is 0 Å². The summed E-state index contributed by atoms with van der Waals surface area (Å²) in [6, 6.07) is 10.8. The zero-order chi connectivity index (χ0) is 18.2. The Morgan fingerprint density at radius 2 is 1.96 bits per heavy atom. The summed E-state index contributed by atoms with van der Waals surface area (Å²) in [5.74, 6) is 0.318. The highest BCUT2D eigenvalue weighted by Crippen LogP contribution is 2.13. The fraction of sp³-hybridized carbons (Fsp3) is 0.421. The van der Waals surface area contributed by atoms with Crippen molar-refractivity contribution in [3.63, 3.8) is 0 Å². The van der Waals surface area contributed by atoms with E-state index in [1.165, 1.54) is 6.07 Å². The van der Waals surface area contributed by atoms with Crippen molar-refractivity contribution in [2.75, 3.05) is 5.32 Å². The molecule has 3 N–H and O–H groups in total. The molecule has 0 saturated carbocycles. The number of anilines is 1. The third-order valence-corrected chi connectivity index (χ3v) is 4.25. The maximum absolute atomic E-state index is 12.7. The lowest BCUT2D eigenvalue weighted by Crippen LogP contribution is -2.44. The minimum atomic E-state index is -0.469. The van der Waals surface area contributed by atoms with Crippen LogP contribution in [0, 0.1) is 5.92 Å². The summed E-state index contributed by atoms with van der Waals surface area (Å²) in [7, 11) is 0. The molecule has 0 saturated heterocycles. The molecule has 1 aromatic heterocycles. The van der Waals surface area contributed by atoms with Crippen molar-refractivity contribution in [2.24, 2.45) is 5.92 Å². The van der Waals surface area contributed by atoms with E-state index < -0.39 is 6.04 Å². The van der Waals surface area contributed by atoms with Crippen LogP contribution in [0.4, 0.5) is 5.95 Å². The highest BCUT2D eigenvalue weighted by Gasteiger charge is 2.24. The van der Waals surface area contributed by atoms with Gasteiger partial charge in [0.15, 0.2) is 0 Å². The van der Waals surface area contributed by atoms with Crippen molar-refractivity contribution >= 4 is 11.9 Å². The lowest BCUT2D eigenvalue weighted by atomic mass is 9.98. The molecule has 134 valence electrons. The number of carbonyl (C=O) groups excluding carboxylic acids is 1. The molecule has 1 aromatic carbocycles. The molecule has 25 heavy (non-hydrogen) atoms. The number of aromatic amines is 1. The molecule has 2 atom stereocenters. The zero-order valence-electron chi connectivity index (χ0n) is 15.0. The van der Waals surface area contributed by atoms with Gasteiger partial charge in [-0.25, -0.2) is 4.98 Å². The molecule has 6 nitrogen and oxygen atoms in total. The molecule has 6 heteroatoms. The first-order valence-electron chi connectivity index (χ1n) is 8.71. The number of H-pyrrole nitrogens is 1. The van der Waals surface area contributed by atoms with Crippen LogP contribution in [-0.2, 0) is 17.8 Å². The van der Waals surface area contributed by atoms with E-state index in [1.54, 1.807) is 0 Å². The van der Waals surface area contributed by atoms with Crippen LogP contribution in [0.5, 0.6) is 0 Å². The number of rotatable bonds is 8. The fourth-order valence-corrected chi connectivity index (χ4v) is 2.50. The van der Waals surface area contributed by atoms with Crippen LogP contribution in [-0.4, -0.2) is 21.9 Å². The number of nitrogens with one attached hydrogen (secondary N) is 3. The lowest BCUT2D eigenvalue weighted by molar-refractivity contribution is -0.123. The van der Waals surface area contributed by atoms with Crippen LogP contribution in [0.3, 0.4) is 0 Å². The topological polar surface area (TPSA) is 86.9 Å². The molecule has 0 aliphatic carbocycles. The van der Waals surface area contributed by atoms with Crippen LogP contribution in [0.15, 0.2) is 41.2 Å². The number of amides is 1. The monoisotopic (exact) mass is 342 g/mol. The summed E-state index contributed by atoms with van der Waals surface area (Å²) in [5.41, 5.74) is 1.51. The summed E-state index contributed by atoms with van der Waals surface area (Å²) in [5, 5.41) is 6.06. The molecule has 2 rings (SSSR count). The third kappa shape index (κ3) is 5.45. The van der Waals surface area contributed by atoms with Crippen molar-refractivity contribution < 1.29 is 4.79 Å². The molecule has 0 aliphatic rings. The summed E-state index contributed by atoms with van der Waals surface area (Å²) < 4.78 is 0. The maximum atomic E-state index is 12.7. The number of hydrogen-bond acceptors (Lipinski definition) is 4. The van der Waals surface area contributed by atoms with Crippen molar-refractivity contribution in [2.45, 2.75) is 46.2 Å². The molecular weight excluding hydrogens is 316 g/mol. The molecule has 1 heterocycles. The molecule has 0 fully saturated rings. The van der Waals surface area contributed by atoms with Crippen molar-refractivity contribution in [1.82, 2.24) is 15.3 Å². The third-order valence-electron chi connectivity index (χ3n) is 4.25. The zero-order valence-corrected chi connectivity index (χ0v) is 15.0.